The van der Waals surface area contributed by atoms with Gasteiger partial charge in [-0.3, -0.25) is 0 Å². The summed E-state index contributed by atoms with van der Waals surface area (Å²) >= 11 is 1.76. The molecule has 0 spiro atoms. The van der Waals surface area contributed by atoms with E-state index in [1.807, 2.05) is 6.07 Å². The lowest BCUT2D eigenvalue weighted by atomic mass is 10.1. The number of rotatable bonds is 3. The van der Waals surface area contributed by atoms with Gasteiger partial charge in [0.1, 0.15) is 0 Å². The molecule has 8 aromatic rings. The Balaban J connectivity index is 1.42. The molecule has 0 saturated carbocycles. The van der Waals surface area contributed by atoms with E-state index in [2.05, 4.69) is 126 Å². The highest BCUT2D eigenvalue weighted by Gasteiger charge is 2.18. The molecule has 38 heavy (non-hydrogen) atoms. The van der Waals surface area contributed by atoms with E-state index in [1.54, 1.807) is 11.3 Å². The highest BCUT2D eigenvalue weighted by molar-refractivity contribution is 7.26. The zero-order valence-corrected chi connectivity index (χ0v) is 21.2. The molecule has 5 aromatic carbocycles. The molecule has 3 heterocycles. The summed E-state index contributed by atoms with van der Waals surface area (Å²) in [5, 5.41) is 3.59. The van der Waals surface area contributed by atoms with Crippen LogP contribution < -0.4 is 0 Å². The van der Waals surface area contributed by atoms with E-state index in [4.69, 9.17) is 9.97 Å². The largest absolute Gasteiger partial charge is 0.309 e. The van der Waals surface area contributed by atoms with Gasteiger partial charge in [-0.15, -0.1) is 11.3 Å². The summed E-state index contributed by atoms with van der Waals surface area (Å²) < 4.78 is 4.69. The number of benzene rings is 5. The number of fused-ring (bicyclic) bond motifs is 6. The number of nitrogens with zero attached hydrogens (tertiary/aromatic N) is 3. The Hall–Kier alpha value is -4.80. The molecule has 0 fully saturated rings. The van der Waals surface area contributed by atoms with Crippen LogP contribution in [0.3, 0.4) is 0 Å². The fourth-order valence-electron chi connectivity index (χ4n) is 5.48. The molecule has 3 aromatic heterocycles. The second-order valence-electron chi connectivity index (χ2n) is 9.46. The van der Waals surface area contributed by atoms with Crippen LogP contribution in [0, 0.1) is 0 Å². The highest BCUT2D eigenvalue weighted by atomic mass is 32.1. The average Bonchev–Trinajstić information content (AvgIpc) is 3.53. The lowest BCUT2D eigenvalue weighted by Gasteiger charge is -2.09. The second kappa shape index (κ2) is 8.37. The maximum absolute atomic E-state index is 5.18. The van der Waals surface area contributed by atoms with Crippen molar-refractivity contribution in [1.29, 1.82) is 0 Å². The van der Waals surface area contributed by atoms with E-state index in [1.165, 1.54) is 31.9 Å². The molecule has 0 atom stereocenters. The summed E-state index contributed by atoms with van der Waals surface area (Å²) in [5.74, 6) is 0.748. The van der Waals surface area contributed by atoms with Crippen LogP contribution in [-0.4, -0.2) is 14.5 Å². The van der Waals surface area contributed by atoms with Crippen LogP contribution in [0.25, 0.3) is 70.4 Å². The van der Waals surface area contributed by atoms with Gasteiger partial charge in [-0.05, 0) is 42.5 Å². The van der Waals surface area contributed by atoms with Crippen molar-refractivity contribution in [3.63, 3.8) is 0 Å². The van der Waals surface area contributed by atoms with Crippen molar-refractivity contribution in [2.45, 2.75) is 0 Å². The van der Waals surface area contributed by atoms with Crippen LogP contribution in [0.4, 0.5) is 0 Å². The Kier molecular flexibility index (Phi) is 4.69. The molecule has 0 bridgehead atoms. The van der Waals surface area contributed by atoms with Crippen molar-refractivity contribution in [2.75, 3.05) is 0 Å². The lowest BCUT2D eigenvalue weighted by Crippen LogP contribution is -1.94. The Morgan fingerprint density at radius 2 is 1.21 bits per heavy atom. The van der Waals surface area contributed by atoms with Gasteiger partial charge in [0.15, 0.2) is 5.82 Å². The molecular formula is C34H21N3S. The fourth-order valence-corrected chi connectivity index (χ4v) is 6.63. The van der Waals surface area contributed by atoms with Crippen LogP contribution in [-0.2, 0) is 0 Å². The molecule has 0 N–H and O–H groups in total. The van der Waals surface area contributed by atoms with Crippen molar-refractivity contribution >= 4 is 53.4 Å². The van der Waals surface area contributed by atoms with Gasteiger partial charge >= 0.3 is 0 Å². The molecular weight excluding hydrogens is 482 g/mol. The monoisotopic (exact) mass is 503 g/mol. The molecule has 4 heteroatoms. The summed E-state index contributed by atoms with van der Waals surface area (Å²) in [5.41, 5.74) is 7.64. The van der Waals surface area contributed by atoms with Crippen molar-refractivity contribution in [3.8, 4) is 28.3 Å². The maximum atomic E-state index is 5.18. The molecule has 0 aliphatic carbocycles. The molecule has 0 aliphatic rings. The zero-order valence-electron chi connectivity index (χ0n) is 20.4. The molecule has 0 unspecified atom stereocenters. The minimum Gasteiger partial charge on any atom is -0.309 e. The van der Waals surface area contributed by atoms with Crippen LogP contribution in [0.5, 0.6) is 0 Å². The Morgan fingerprint density at radius 3 is 2.05 bits per heavy atom. The van der Waals surface area contributed by atoms with Gasteiger partial charge in [0.2, 0.25) is 0 Å². The van der Waals surface area contributed by atoms with Crippen LogP contribution >= 0.6 is 11.3 Å². The van der Waals surface area contributed by atoms with Gasteiger partial charge in [0.05, 0.1) is 26.9 Å². The predicted molar refractivity (Wildman–Crippen MR) is 160 cm³/mol. The fraction of sp³-hybridized carbons (Fsp3) is 0. The van der Waals surface area contributed by atoms with E-state index in [9.17, 15) is 0 Å². The van der Waals surface area contributed by atoms with E-state index in [-0.39, 0.29) is 0 Å². The quantitative estimate of drug-likeness (QED) is 0.240. The number of para-hydroxylation sites is 2. The number of thiophene rings is 1. The van der Waals surface area contributed by atoms with Crippen LogP contribution in [0.2, 0.25) is 0 Å². The van der Waals surface area contributed by atoms with E-state index >= 15 is 0 Å². The summed E-state index contributed by atoms with van der Waals surface area (Å²) in [6.07, 6.45) is 0. The third kappa shape index (κ3) is 3.21. The van der Waals surface area contributed by atoms with Gasteiger partial charge in [-0.2, -0.15) is 0 Å². The normalized spacial score (nSPS) is 11.7. The van der Waals surface area contributed by atoms with Crippen LogP contribution in [0.15, 0.2) is 127 Å². The topological polar surface area (TPSA) is 30.7 Å². The lowest BCUT2D eigenvalue weighted by molar-refractivity contribution is 1.18. The molecule has 3 nitrogen and oxygen atoms in total. The predicted octanol–water partition coefficient (Wildman–Crippen LogP) is 9.28. The standard InChI is InChI=1S/C34H21N3S/c1-3-11-22(12-4-1)31-33-32(26-16-8-10-18-30(26)38-33)36-34(35-31)23-19-20-29-27(21-23)25-15-7-9-17-28(25)37(29)24-13-5-2-6-14-24/h1-21H. The summed E-state index contributed by atoms with van der Waals surface area (Å²) in [4.78, 5) is 10.3. The smallest absolute Gasteiger partial charge is 0.160 e. The van der Waals surface area contributed by atoms with Gasteiger partial charge in [-0.1, -0.05) is 84.9 Å². The maximum Gasteiger partial charge on any atom is 0.160 e. The van der Waals surface area contributed by atoms with Crippen LogP contribution in [0.1, 0.15) is 0 Å². The molecule has 0 aliphatic heterocycles. The second-order valence-corrected chi connectivity index (χ2v) is 10.5. The van der Waals surface area contributed by atoms with E-state index in [0.29, 0.717) is 0 Å². The number of aromatic nitrogens is 3. The minimum absolute atomic E-state index is 0.748. The molecule has 0 saturated heterocycles. The summed E-state index contributed by atoms with van der Waals surface area (Å²) in [7, 11) is 0. The first-order valence-corrected chi connectivity index (χ1v) is 13.5. The first kappa shape index (κ1) is 21.3. The van der Waals surface area contributed by atoms with Gasteiger partial charge < -0.3 is 4.57 Å². The summed E-state index contributed by atoms with van der Waals surface area (Å²) in [6.45, 7) is 0. The van der Waals surface area contributed by atoms with E-state index < -0.39 is 0 Å². The minimum atomic E-state index is 0.748. The number of hydrogen-bond donors (Lipinski definition) is 0. The zero-order chi connectivity index (χ0) is 25.1. The molecule has 0 radical (unpaired) electrons. The summed E-state index contributed by atoms with van der Waals surface area (Å²) in [6, 6.07) is 44.7. The van der Waals surface area contributed by atoms with Crippen molar-refractivity contribution in [3.05, 3.63) is 127 Å². The van der Waals surface area contributed by atoms with Crippen molar-refractivity contribution < 1.29 is 0 Å². The van der Waals surface area contributed by atoms with Crippen molar-refractivity contribution in [2.24, 2.45) is 0 Å². The van der Waals surface area contributed by atoms with E-state index in [0.717, 1.165) is 38.5 Å². The first-order valence-electron chi connectivity index (χ1n) is 12.7. The SMILES string of the molecule is c1ccc(-c2nc(-c3ccc4c(c3)c3ccccc3n4-c3ccccc3)nc3c2sc2ccccc23)cc1. The Morgan fingerprint density at radius 1 is 0.526 bits per heavy atom. The van der Waals surface area contributed by atoms with Gasteiger partial charge in [-0.25, -0.2) is 9.97 Å². The average molecular weight is 504 g/mol. The molecule has 8 rings (SSSR count). The Labute approximate surface area is 223 Å². The van der Waals surface area contributed by atoms with Crippen molar-refractivity contribution in [1.82, 2.24) is 14.5 Å². The molecule has 178 valence electrons. The Bertz CT molecular complexity index is 2120. The highest BCUT2D eigenvalue weighted by Crippen LogP contribution is 2.40. The third-order valence-corrected chi connectivity index (χ3v) is 8.38. The van der Waals surface area contributed by atoms with Gasteiger partial charge in [0.25, 0.3) is 0 Å². The first-order chi connectivity index (χ1) is 18.8. The van der Waals surface area contributed by atoms with Gasteiger partial charge in [0, 0.05) is 37.7 Å². The molecule has 0 amide bonds. The number of hydrogen-bond acceptors (Lipinski definition) is 3. The third-order valence-electron chi connectivity index (χ3n) is 7.21.